The van der Waals surface area contributed by atoms with Crippen molar-refractivity contribution in [2.24, 2.45) is 5.73 Å². The van der Waals surface area contributed by atoms with Gasteiger partial charge < -0.3 is 16.2 Å². The molecular formula is C14H22N2O2. The maximum absolute atomic E-state index is 11.1. The summed E-state index contributed by atoms with van der Waals surface area (Å²) < 4.78 is 5.58. The molecule has 0 atom stereocenters. The standard InChI is InChI=1S/C14H22N2O2/c1-2-3-4-5-6-10-18-12-9-7-8-11(13(12)15)14(16)17/h7-9H,2-6,10,15H2,1H3,(H2,16,17). The SMILES string of the molecule is CCCCCCCOc1cccc(C(N)=O)c1N. The third-order valence-corrected chi connectivity index (χ3v) is 2.84. The van der Waals surface area contributed by atoms with E-state index in [1.165, 1.54) is 19.3 Å². The summed E-state index contributed by atoms with van der Waals surface area (Å²) in [7, 11) is 0. The summed E-state index contributed by atoms with van der Waals surface area (Å²) in [5.74, 6) is 0.0164. The van der Waals surface area contributed by atoms with Crippen molar-refractivity contribution in [3.63, 3.8) is 0 Å². The lowest BCUT2D eigenvalue weighted by molar-refractivity contribution is 0.100. The van der Waals surface area contributed by atoms with E-state index < -0.39 is 5.91 Å². The summed E-state index contributed by atoms with van der Waals surface area (Å²) in [5.41, 5.74) is 11.7. The first-order chi connectivity index (χ1) is 8.66. The lowest BCUT2D eigenvalue weighted by atomic mass is 10.1. The Morgan fingerprint density at radius 1 is 1.22 bits per heavy atom. The van der Waals surface area contributed by atoms with Gasteiger partial charge in [0.1, 0.15) is 5.75 Å². The second kappa shape index (κ2) is 7.58. The van der Waals surface area contributed by atoms with Gasteiger partial charge >= 0.3 is 0 Å². The average Bonchev–Trinajstić information content (AvgIpc) is 2.35. The van der Waals surface area contributed by atoms with E-state index in [9.17, 15) is 4.79 Å². The Balaban J connectivity index is 2.43. The Hall–Kier alpha value is -1.71. The predicted molar refractivity (Wildman–Crippen MR) is 73.6 cm³/mol. The van der Waals surface area contributed by atoms with Crippen LogP contribution in [0.25, 0.3) is 0 Å². The zero-order valence-corrected chi connectivity index (χ0v) is 10.9. The van der Waals surface area contributed by atoms with Crippen molar-refractivity contribution in [2.45, 2.75) is 39.0 Å². The van der Waals surface area contributed by atoms with Gasteiger partial charge in [0.15, 0.2) is 0 Å². The number of nitrogen functional groups attached to an aromatic ring is 1. The summed E-state index contributed by atoms with van der Waals surface area (Å²) in [4.78, 5) is 11.1. The van der Waals surface area contributed by atoms with Crippen LogP contribution >= 0.6 is 0 Å². The topological polar surface area (TPSA) is 78.3 Å². The summed E-state index contributed by atoms with van der Waals surface area (Å²) in [5, 5.41) is 0. The average molecular weight is 250 g/mol. The maximum Gasteiger partial charge on any atom is 0.250 e. The Morgan fingerprint density at radius 2 is 1.94 bits per heavy atom. The van der Waals surface area contributed by atoms with Crippen LogP contribution in [0.4, 0.5) is 5.69 Å². The van der Waals surface area contributed by atoms with E-state index in [1.54, 1.807) is 18.2 Å². The van der Waals surface area contributed by atoms with Crippen molar-refractivity contribution >= 4 is 11.6 Å². The molecule has 0 fully saturated rings. The minimum absolute atomic E-state index is 0.318. The van der Waals surface area contributed by atoms with E-state index in [0.717, 1.165) is 12.8 Å². The number of nitrogens with two attached hydrogens (primary N) is 2. The maximum atomic E-state index is 11.1. The number of ether oxygens (including phenoxy) is 1. The minimum atomic E-state index is -0.527. The van der Waals surface area contributed by atoms with Crippen LogP contribution in [0, 0.1) is 0 Å². The molecule has 0 heterocycles. The largest absolute Gasteiger partial charge is 0.491 e. The number of anilines is 1. The second-order valence-electron chi connectivity index (χ2n) is 4.34. The van der Waals surface area contributed by atoms with Crippen LogP contribution in [-0.2, 0) is 0 Å². The number of para-hydroxylation sites is 1. The molecular weight excluding hydrogens is 228 g/mol. The highest BCUT2D eigenvalue weighted by Gasteiger charge is 2.09. The first kappa shape index (κ1) is 14.4. The smallest absolute Gasteiger partial charge is 0.250 e. The highest BCUT2D eigenvalue weighted by Crippen LogP contribution is 2.25. The summed E-state index contributed by atoms with van der Waals surface area (Å²) in [6.45, 7) is 2.81. The number of benzene rings is 1. The van der Waals surface area contributed by atoms with Crippen LogP contribution in [0.15, 0.2) is 18.2 Å². The molecule has 0 aliphatic carbocycles. The lowest BCUT2D eigenvalue weighted by Gasteiger charge is -2.10. The van der Waals surface area contributed by atoms with Crippen LogP contribution in [-0.4, -0.2) is 12.5 Å². The van der Waals surface area contributed by atoms with Gasteiger partial charge in [0.05, 0.1) is 17.9 Å². The van der Waals surface area contributed by atoms with E-state index in [1.807, 2.05) is 0 Å². The van der Waals surface area contributed by atoms with E-state index >= 15 is 0 Å². The third-order valence-electron chi connectivity index (χ3n) is 2.84. The molecule has 100 valence electrons. The van der Waals surface area contributed by atoms with Crippen LogP contribution in [0.5, 0.6) is 5.75 Å². The molecule has 1 aromatic carbocycles. The van der Waals surface area contributed by atoms with Gasteiger partial charge in [0, 0.05) is 0 Å². The number of rotatable bonds is 8. The molecule has 4 nitrogen and oxygen atoms in total. The highest BCUT2D eigenvalue weighted by atomic mass is 16.5. The van der Waals surface area contributed by atoms with E-state index in [-0.39, 0.29) is 0 Å². The highest BCUT2D eigenvalue weighted by molar-refractivity contribution is 5.99. The van der Waals surface area contributed by atoms with Crippen molar-refractivity contribution in [3.05, 3.63) is 23.8 Å². The van der Waals surface area contributed by atoms with Gasteiger partial charge in [0.2, 0.25) is 0 Å². The Labute approximate surface area is 108 Å². The molecule has 0 aliphatic rings. The van der Waals surface area contributed by atoms with Crippen molar-refractivity contribution < 1.29 is 9.53 Å². The van der Waals surface area contributed by atoms with Crippen molar-refractivity contribution in [1.29, 1.82) is 0 Å². The molecule has 1 aromatic rings. The Kier molecular flexibility index (Phi) is 6.05. The lowest BCUT2D eigenvalue weighted by Crippen LogP contribution is -2.14. The zero-order valence-electron chi connectivity index (χ0n) is 10.9. The first-order valence-electron chi connectivity index (χ1n) is 6.48. The number of carbonyl (C=O) groups excluding carboxylic acids is 1. The van der Waals surface area contributed by atoms with Crippen molar-refractivity contribution in [1.82, 2.24) is 0 Å². The van der Waals surface area contributed by atoms with Gasteiger partial charge in [-0.1, -0.05) is 38.7 Å². The van der Waals surface area contributed by atoms with Gasteiger partial charge in [-0.3, -0.25) is 4.79 Å². The van der Waals surface area contributed by atoms with Gasteiger partial charge in [-0.25, -0.2) is 0 Å². The third kappa shape index (κ3) is 4.28. The van der Waals surface area contributed by atoms with Gasteiger partial charge in [-0.05, 0) is 18.6 Å². The molecule has 4 heteroatoms. The second-order valence-corrected chi connectivity index (χ2v) is 4.34. The van der Waals surface area contributed by atoms with Gasteiger partial charge in [-0.2, -0.15) is 0 Å². The van der Waals surface area contributed by atoms with Crippen LogP contribution < -0.4 is 16.2 Å². The Bertz CT molecular complexity index is 391. The molecule has 4 N–H and O–H groups in total. The fourth-order valence-electron chi connectivity index (χ4n) is 1.77. The number of unbranched alkanes of at least 4 members (excludes halogenated alkanes) is 4. The molecule has 0 aliphatic heterocycles. The monoisotopic (exact) mass is 250 g/mol. The molecule has 0 unspecified atom stereocenters. The molecule has 0 saturated heterocycles. The summed E-state index contributed by atoms with van der Waals surface area (Å²) in [6.07, 6.45) is 5.88. The molecule has 0 aromatic heterocycles. The van der Waals surface area contributed by atoms with E-state index in [2.05, 4.69) is 6.92 Å². The van der Waals surface area contributed by atoms with Gasteiger partial charge in [0.25, 0.3) is 5.91 Å². The molecule has 1 amide bonds. The zero-order chi connectivity index (χ0) is 13.4. The number of amides is 1. The first-order valence-corrected chi connectivity index (χ1v) is 6.48. The summed E-state index contributed by atoms with van der Waals surface area (Å²) in [6, 6.07) is 5.09. The fourth-order valence-corrected chi connectivity index (χ4v) is 1.77. The molecule has 18 heavy (non-hydrogen) atoms. The normalized spacial score (nSPS) is 10.3. The van der Waals surface area contributed by atoms with Crippen molar-refractivity contribution in [3.8, 4) is 5.75 Å². The number of carbonyl (C=O) groups is 1. The van der Waals surface area contributed by atoms with Crippen molar-refractivity contribution in [2.75, 3.05) is 12.3 Å². The van der Waals surface area contributed by atoms with Crippen LogP contribution in [0.2, 0.25) is 0 Å². The van der Waals surface area contributed by atoms with E-state index in [0.29, 0.717) is 23.6 Å². The fraction of sp³-hybridized carbons (Fsp3) is 0.500. The molecule has 0 radical (unpaired) electrons. The minimum Gasteiger partial charge on any atom is -0.491 e. The number of hydrogen-bond donors (Lipinski definition) is 2. The van der Waals surface area contributed by atoms with Crippen LogP contribution in [0.1, 0.15) is 49.4 Å². The molecule has 0 spiro atoms. The number of primary amides is 1. The molecule has 0 saturated carbocycles. The summed E-state index contributed by atoms with van der Waals surface area (Å²) >= 11 is 0. The van der Waals surface area contributed by atoms with Gasteiger partial charge in [-0.15, -0.1) is 0 Å². The van der Waals surface area contributed by atoms with Crippen LogP contribution in [0.3, 0.4) is 0 Å². The van der Waals surface area contributed by atoms with E-state index in [4.69, 9.17) is 16.2 Å². The quantitative estimate of drug-likeness (QED) is 0.550. The predicted octanol–water partition coefficient (Wildman–Crippen LogP) is 2.72. The molecule has 0 bridgehead atoms. The Morgan fingerprint density at radius 3 is 2.61 bits per heavy atom. The number of hydrogen-bond acceptors (Lipinski definition) is 3. The molecule has 1 rings (SSSR count).